The van der Waals surface area contributed by atoms with Gasteiger partial charge in [0.2, 0.25) is 5.91 Å². The Morgan fingerprint density at radius 2 is 1.47 bits per heavy atom. The molecule has 1 fully saturated rings. The van der Waals surface area contributed by atoms with Crippen molar-refractivity contribution in [1.82, 2.24) is 5.32 Å². The molecule has 0 radical (unpaired) electrons. The molecular formula is C14H38N2O. The molecule has 1 amide bonds. The van der Waals surface area contributed by atoms with Crippen molar-refractivity contribution in [1.29, 1.82) is 0 Å². The minimum atomic E-state index is -0.241. The van der Waals surface area contributed by atoms with Crippen LogP contribution in [0.3, 0.4) is 0 Å². The summed E-state index contributed by atoms with van der Waals surface area (Å²) in [6.45, 7) is 14.3. The normalized spacial score (nSPS) is 13.1. The summed E-state index contributed by atoms with van der Waals surface area (Å²) in [5, 5.41) is 3.28. The number of primary amides is 1. The van der Waals surface area contributed by atoms with E-state index in [9.17, 15) is 4.79 Å². The lowest BCUT2D eigenvalue weighted by molar-refractivity contribution is -0.120. The van der Waals surface area contributed by atoms with Crippen LogP contribution in [0.5, 0.6) is 0 Å². The Morgan fingerprint density at radius 3 is 1.53 bits per heavy atom. The van der Waals surface area contributed by atoms with Crippen LogP contribution in [0.1, 0.15) is 70.1 Å². The summed E-state index contributed by atoms with van der Waals surface area (Å²) < 4.78 is 0. The highest BCUT2D eigenvalue weighted by Crippen LogP contribution is 1.96. The van der Waals surface area contributed by atoms with Crippen molar-refractivity contribution < 1.29 is 7.65 Å². The van der Waals surface area contributed by atoms with Gasteiger partial charge in [-0.3, -0.25) is 4.79 Å². The zero-order chi connectivity index (χ0) is 14.1. The van der Waals surface area contributed by atoms with E-state index >= 15 is 0 Å². The maximum atomic E-state index is 9.92. The molecule has 17 heavy (non-hydrogen) atoms. The predicted molar refractivity (Wildman–Crippen MR) is 82.3 cm³/mol. The van der Waals surface area contributed by atoms with E-state index < -0.39 is 0 Å². The minimum Gasteiger partial charge on any atom is -0.369 e. The topological polar surface area (TPSA) is 55.1 Å². The Bertz CT molecular complexity index is 130. The van der Waals surface area contributed by atoms with Crippen LogP contribution in [-0.4, -0.2) is 19.0 Å². The van der Waals surface area contributed by atoms with Crippen LogP contribution in [0, 0.1) is 5.92 Å². The summed E-state index contributed by atoms with van der Waals surface area (Å²) in [6, 6.07) is 0. The van der Waals surface area contributed by atoms with Crippen molar-refractivity contribution in [3.63, 3.8) is 0 Å². The summed E-state index contributed by atoms with van der Waals surface area (Å²) in [7, 11) is 0. The molecule has 0 atom stereocenters. The van der Waals surface area contributed by atoms with Gasteiger partial charge in [-0.05, 0) is 25.9 Å². The first-order valence-electron chi connectivity index (χ1n) is 7.06. The van der Waals surface area contributed by atoms with Gasteiger partial charge in [0.25, 0.3) is 0 Å². The molecule has 0 bridgehead atoms. The molecule has 0 spiro atoms. The first-order chi connectivity index (χ1) is 8.06. The lowest BCUT2D eigenvalue weighted by Crippen LogP contribution is -2.21. The quantitative estimate of drug-likeness (QED) is 0.743. The molecule has 1 aliphatic rings. The number of carbonyl (C=O) groups is 1. The van der Waals surface area contributed by atoms with E-state index in [1.807, 2.05) is 13.8 Å². The fraction of sp³-hybridized carbons (Fsp3) is 0.929. The van der Waals surface area contributed by atoms with Gasteiger partial charge in [0, 0.05) is 8.77 Å². The molecule has 1 saturated heterocycles. The number of hydrogen-bond acceptors (Lipinski definition) is 2. The molecule has 1 heterocycles. The number of carbonyl (C=O) groups excluding carboxylic acids is 1. The maximum Gasteiger partial charge on any atom is 0.219 e. The molecule has 0 aromatic carbocycles. The average molecular weight is 250 g/mol. The number of amides is 1. The standard InChI is InChI=1S/C5H11N.C4H9NO.C3H8.C2H6.2H2/c1-2-4-6-5-3-1;1-3(2)4(5)6;1-3-2;1-2;;/h6H,1-5H2;3H,1-2H3,(H2,5,6);3H2,1-2H3;1-2H3;2*1H. The van der Waals surface area contributed by atoms with Gasteiger partial charge in [-0.1, -0.05) is 54.4 Å². The smallest absolute Gasteiger partial charge is 0.219 e. The monoisotopic (exact) mass is 250 g/mol. The van der Waals surface area contributed by atoms with E-state index in [4.69, 9.17) is 5.73 Å². The van der Waals surface area contributed by atoms with Crippen LogP contribution in [0.25, 0.3) is 0 Å². The fourth-order valence-electron chi connectivity index (χ4n) is 0.802. The molecule has 0 aromatic rings. The van der Waals surface area contributed by atoms with Crippen LogP contribution in [-0.2, 0) is 4.79 Å². The highest BCUT2D eigenvalue weighted by atomic mass is 16.1. The Morgan fingerprint density at radius 1 is 1.18 bits per heavy atom. The Kier molecular flexibility index (Phi) is 26.5. The number of piperidine rings is 1. The first-order valence-corrected chi connectivity index (χ1v) is 7.06. The molecule has 1 rings (SSSR count). The van der Waals surface area contributed by atoms with Crippen LogP contribution in [0.15, 0.2) is 0 Å². The number of rotatable bonds is 1. The summed E-state index contributed by atoms with van der Waals surface area (Å²) in [4.78, 5) is 9.92. The highest BCUT2D eigenvalue weighted by molar-refractivity contribution is 5.75. The number of nitrogens with two attached hydrogens (primary N) is 1. The molecule has 3 nitrogen and oxygen atoms in total. The summed E-state index contributed by atoms with van der Waals surface area (Å²) in [5.41, 5.74) is 4.80. The zero-order valence-electron chi connectivity index (χ0n) is 12.8. The van der Waals surface area contributed by atoms with Gasteiger partial charge in [0.1, 0.15) is 0 Å². The van der Waals surface area contributed by atoms with Gasteiger partial charge < -0.3 is 11.1 Å². The second-order valence-electron chi connectivity index (χ2n) is 4.07. The van der Waals surface area contributed by atoms with E-state index in [1.54, 1.807) is 13.8 Å². The van der Waals surface area contributed by atoms with Crippen molar-refractivity contribution in [3.05, 3.63) is 0 Å². The third-order valence-corrected chi connectivity index (χ3v) is 1.78. The van der Waals surface area contributed by atoms with Gasteiger partial charge in [0.05, 0.1) is 0 Å². The van der Waals surface area contributed by atoms with E-state index in [0.29, 0.717) is 0 Å². The van der Waals surface area contributed by atoms with Gasteiger partial charge in [-0.15, -0.1) is 0 Å². The second kappa shape index (κ2) is 20.8. The second-order valence-corrected chi connectivity index (χ2v) is 4.07. The molecule has 0 saturated carbocycles. The third kappa shape index (κ3) is 31.3. The van der Waals surface area contributed by atoms with Crippen LogP contribution < -0.4 is 11.1 Å². The largest absolute Gasteiger partial charge is 0.369 e. The minimum absolute atomic E-state index is 0. The molecule has 0 unspecified atom stereocenters. The lowest BCUT2D eigenvalue weighted by atomic mass is 10.2. The summed E-state index contributed by atoms with van der Waals surface area (Å²) in [6.07, 6.45) is 5.47. The molecule has 0 aliphatic carbocycles. The van der Waals surface area contributed by atoms with Crippen LogP contribution in [0.4, 0.5) is 0 Å². The number of nitrogens with one attached hydrogen (secondary N) is 1. The van der Waals surface area contributed by atoms with E-state index in [1.165, 1.54) is 38.8 Å². The Hall–Kier alpha value is -0.570. The molecule has 1 aliphatic heterocycles. The van der Waals surface area contributed by atoms with Crippen molar-refractivity contribution in [3.8, 4) is 0 Å². The van der Waals surface area contributed by atoms with Crippen LogP contribution >= 0.6 is 0 Å². The fourth-order valence-corrected chi connectivity index (χ4v) is 0.802. The van der Waals surface area contributed by atoms with Gasteiger partial charge >= 0.3 is 0 Å². The summed E-state index contributed by atoms with van der Waals surface area (Å²) >= 11 is 0. The first kappa shape index (κ1) is 21.7. The van der Waals surface area contributed by atoms with Crippen molar-refractivity contribution >= 4 is 5.91 Å². The van der Waals surface area contributed by atoms with Gasteiger partial charge in [-0.2, -0.15) is 0 Å². The van der Waals surface area contributed by atoms with Gasteiger partial charge in [-0.25, -0.2) is 0 Å². The van der Waals surface area contributed by atoms with Crippen molar-refractivity contribution in [2.45, 2.75) is 67.2 Å². The Balaban J connectivity index is -0.0000000481. The predicted octanol–water partition coefficient (Wildman–Crippen LogP) is 3.82. The maximum absolute atomic E-state index is 9.92. The van der Waals surface area contributed by atoms with E-state index in [-0.39, 0.29) is 14.7 Å². The SMILES string of the molecule is C1CCNCC1.CC.CC(C)C(N)=O.CCC.[HH].[HH]. The molecule has 3 N–H and O–H groups in total. The van der Waals surface area contributed by atoms with E-state index in [2.05, 4.69) is 19.2 Å². The number of hydrogen-bond donors (Lipinski definition) is 2. The molecule has 110 valence electrons. The third-order valence-electron chi connectivity index (χ3n) is 1.78. The highest BCUT2D eigenvalue weighted by Gasteiger charge is 1.96. The Labute approximate surface area is 112 Å². The van der Waals surface area contributed by atoms with E-state index in [0.717, 1.165) is 0 Å². The van der Waals surface area contributed by atoms with Crippen molar-refractivity contribution in [2.75, 3.05) is 13.1 Å². The van der Waals surface area contributed by atoms with Gasteiger partial charge in [0.15, 0.2) is 0 Å². The van der Waals surface area contributed by atoms with Crippen molar-refractivity contribution in [2.24, 2.45) is 11.7 Å². The molecule has 3 heteroatoms. The lowest BCUT2D eigenvalue weighted by Gasteiger charge is -2.08. The summed E-state index contributed by atoms with van der Waals surface area (Å²) in [5.74, 6) is -0.250. The van der Waals surface area contributed by atoms with Crippen LogP contribution in [0.2, 0.25) is 0 Å². The molecule has 0 aromatic heterocycles. The molecular weight excluding hydrogens is 212 g/mol. The zero-order valence-corrected chi connectivity index (χ0v) is 12.8. The average Bonchev–Trinajstić information content (AvgIpc) is 2.35.